The molecule has 0 unspecified atom stereocenters. The monoisotopic (exact) mass is 542 g/mol. The number of H-pyrrole nitrogens is 1. The third-order valence-electron chi connectivity index (χ3n) is 6.37. The van der Waals surface area contributed by atoms with Crippen LogP contribution in [-0.4, -0.2) is 52.8 Å². The van der Waals surface area contributed by atoms with Crippen molar-refractivity contribution in [2.45, 2.75) is 58.4 Å². The van der Waals surface area contributed by atoms with E-state index in [2.05, 4.69) is 44.7 Å². The van der Waals surface area contributed by atoms with Crippen molar-refractivity contribution in [1.29, 1.82) is 0 Å². The Kier molecular flexibility index (Phi) is 7.37. The molecule has 1 atom stereocenters. The van der Waals surface area contributed by atoms with E-state index in [1.54, 1.807) is 16.9 Å². The Morgan fingerprint density at radius 2 is 2.03 bits per heavy atom. The van der Waals surface area contributed by atoms with E-state index in [1.165, 1.54) is 18.3 Å². The van der Waals surface area contributed by atoms with Gasteiger partial charge >= 0.3 is 0 Å². The number of pyridine rings is 2. The molecule has 3 aromatic heterocycles. The minimum Gasteiger partial charge on any atom is -0.476 e. The number of nitrogens with one attached hydrogen (secondary N) is 2. The highest BCUT2D eigenvalue weighted by Gasteiger charge is 2.39. The molecule has 12 heteroatoms. The number of nitrogens with zero attached hydrogens (tertiary/aromatic N) is 4. The molecule has 0 saturated carbocycles. The minimum atomic E-state index is -4.42. The van der Waals surface area contributed by atoms with Gasteiger partial charge in [-0.1, -0.05) is 20.8 Å². The van der Waals surface area contributed by atoms with E-state index in [0.717, 1.165) is 18.1 Å². The highest BCUT2D eigenvalue weighted by molar-refractivity contribution is 7.90. The largest absolute Gasteiger partial charge is 0.476 e. The summed E-state index contributed by atoms with van der Waals surface area (Å²) in [5.74, 6) is 1.08. The molecule has 4 rings (SSSR count). The Balaban J connectivity index is 1.75. The Bertz CT molecular complexity index is 1510. The van der Waals surface area contributed by atoms with Crippen molar-refractivity contribution < 1.29 is 17.9 Å². The predicted molar refractivity (Wildman–Crippen MR) is 143 cm³/mol. The van der Waals surface area contributed by atoms with Crippen molar-refractivity contribution in [2.75, 3.05) is 18.1 Å². The number of hydrogen-bond donors (Lipinski definition) is 2. The molecule has 204 valence electrons. The molecule has 0 bridgehead atoms. The lowest BCUT2D eigenvalue weighted by Crippen LogP contribution is -2.41. The molecule has 1 aliphatic rings. The maximum Gasteiger partial charge on any atom is 0.269 e. The lowest BCUT2D eigenvalue weighted by atomic mass is 9.97. The number of carbonyl (C=O) groups excluding carboxylic acids is 1. The summed E-state index contributed by atoms with van der Waals surface area (Å²) in [6.07, 6.45) is 3.98. The molecule has 11 nitrogen and oxygen atoms in total. The summed E-state index contributed by atoms with van der Waals surface area (Å²) in [6.45, 7) is 13.4. The molecule has 3 aromatic rings. The van der Waals surface area contributed by atoms with Crippen LogP contribution in [0.5, 0.6) is 5.88 Å². The van der Waals surface area contributed by atoms with Crippen LogP contribution >= 0.6 is 0 Å². The quantitative estimate of drug-likeness (QED) is 0.443. The molecule has 1 amide bonds. The van der Waals surface area contributed by atoms with Gasteiger partial charge in [-0.2, -0.15) is 0 Å². The van der Waals surface area contributed by atoms with Gasteiger partial charge in [0, 0.05) is 30.0 Å². The Morgan fingerprint density at radius 1 is 1.29 bits per heavy atom. The van der Waals surface area contributed by atoms with E-state index in [9.17, 15) is 18.0 Å². The van der Waals surface area contributed by atoms with Crippen LogP contribution in [0, 0.1) is 18.8 Å². The molecule has 1 aliphatic heterocycles. The van der Waals surface area contributed by atoms with Gasteiger partial charge in [0.2, 0.25) is 5.88 Å². The second-order valence-electron chi connectivity index (χ2n) is 10.8. The standard InChI is InChI=1S/C26H34N6O5S/c1-16(2)15-37-25-18(4)14-32(29-25)21-10-9-19(22(28-21)31-13-17(3)12-26(31,5)6)23(33)30-38(35,36)20-8-7-11-27-24(20)34/h7-11,14,16-17H,12-13,15H2,1-6H3,(H,27,34)(H,30,33)/t17-/m0/s1. The number of sulfonamides is 1. The van der Waals surface area contributed by atoms with Gasteiger partial charge in [0.05, 0.1) is 12.2 Å². The van der Waals surface area contributed by atoms with Crippen LogP contribution in [0.4, 0.5) is 5.82 Å². The lowest BCUT2D eigenvalue weighted by molar-refractivity contribution is 0.0981. The Morgan fingerprint density at radius 3 is 2.66 bits per heavy atom. The summed E-state index contributed by atoms with van der Waals surface area (Å²) in [7, 11) is -4.42. The fraction of sp³-hybridized carbons (Fsp3) is 0.462. The summed E-state index contributed by atoms with van der Waals surface area (Å²) in [5, 5.41) is 4.53. The average molecular weight is 543 g/mol. The van der Waals surface area contributed by atoms with E-state index in [1.807, 2.05) is 16.5 Å². The van der Waals surface area contributed by atoms with Crippen molar-refractivity contribution in [3.63, 3.8) is 0 Å². The summed E-state index contributed by atoms with van der Waals surface area (Å²) in [5.41, 5.74) is -0.237. The van der Waals surface area contributed by atoms with Crippen molar-refractivity contribution in [1.82, 2.24) is 24.5 Å². The van der Waals surface area contributed by atoms with Crippen LogP contribution in [0.2, 0.25) is 0 Å². The maximum atomic E-state index is 13.4. The predicted octanol–water partition coefficient (Wildman–Crippen LogP) is 3.04. The molecular weight excluding hydrogens is 508 g/mol. The Hall–Kier alpha value is -3.67. The fourth-order valence-corrected chi connectivity index (χ4v) is 5.73. The maximum absolute atomic E-state index is 13.4. The number of carbonyl (C=O) groups is 1. The molecule has 1 fully saturated rings. The van der Waals surface area contributed by atoms with Gasteiger partial charge in [0.1, 0.15) is 5.82 Å². The van der Waals surface area contributed by atoms with Crippen LogP contribution in [0.25, 0.3) is 5.82 Å². The van der Waals surface area contributed by atoms with Gasteiger partial charge in [-0.15, -0.1) is 5.10 Å². The summed E-state index contributed by atoms with van der Waals surface area (Å²) in [4.78, 5) is 34.0. The number of anilines is 1. The highest BCUT2D eigenvalue weighted by atomic mass is 32.2. The first-order chi connectivity index (χ1) is 17.8. The van der Waals surface area contributed by atoms with Gasteiger partial charge in [-0.3, -0.25) is 9.59 Å². The first kappa shape index (κ1) is 27.4. The number of ether oxygens (including phenoxy) is 1. The first-order valence-corrected chi connectivity index (χ1v) is 14.0. The van der Waals surface area contributed by atoms with Crippen molar-refractivity contribution in [2.24, 2.45) is 11.8 Å². The van der Waals surface area contributed by atoms with Gasteiger partial charge in [0.25, 0.3) is 21.5 Å². The number of amides is 1. The zero-order chi connectivity index (χ0) is 27.8. The molecule has 2 N–H and O–H groups in total. The van der Waals surface area contributed by atoms with Crippen LogP contribution < -0.4 is 19.9 Å². The number of aromatic amines is 1. The van der Waals surface area contributed by atoms with Crippen LogP contribution in [0.1, 0.15) is 57.0 Å². The number of aromatic nitrogens is 4. The van der Waals surface area contributed by atoms with E-state index in [-0.39, 0.29) is 11.1 Å². The molecule has 0 aromatic carbocycles. The molecule has 1 saturated heterocycles. The fourth-order valence-electron chi connectivity index (χ4n) is 4.71. The van der Waals surface area contributed by atoms with E-state index >= 15 is 0 Å². The zero-order valence-electron chi connectivity index (χ0n) is 22.5. The third-order valence-corrected chi connectivity index (χ3v) is 7.73. The normalized spacial score (nSPS) is 17.1. The van der Waals surface area contributed by atoms with E-state index in [0.29, 0.717) is 42.5 Å². The summed E-state index contributed by atoms with van der Waals surface area (Å²) in [6, 6.07) is 5.65. The van der Waals surface area contributed by atoms with Gasteiger partial charge in [-0.25, -0.2) is 22.8 Å². The smallest absolute Gasteiger partial charge is 0.269 e. The zero-order valence-corrected chi connectivity index (χ0v) is 23.3. The molecular formula is C26H34N6O5S. The number of rotatable bonds is 8. The Labute approximate surface area is 222 Å². The third kappa shape index (κ3) is 5.59. The lowest BCUT2D eigenvalue weighted by Gasteiger charge is -2.34. The molecule has 0 radical (unpaired) electrons. The van der Waals surface area contributed by atoms with E-state index in [4.69, 9.17) is 9.72 Å². The summed E-state index contributed by atoms with van der Waals surface area (Å²) < 4.78 is 35.2. The molecule has 0 aliphatic carbocycles. The van der Waals surface area contributed by atoms with Crippen LogP contribution in [0.15, 0.2) is 46.3 Å². The van der Waals surface area contributed by atoms with Crippen molar-refractivity contribution in [3.8, 4) is 11.7 Å². The van der Waals surface area contributed by atoms with E-state index < -0.39 is 26.4 Å². The van der Waals surface area contributed by atoms with Gasteiger partial charge < -0.3 is 14.6 Å². The molecule has 38 heavy (non-hydrogen) atoms. The van der Waals surface area contributed by atoms with Crippen LogP contribution in [-0.2, 0) is 10.0 Å². The average Bonchev–Trinajstić information content (AvgIpc) is 3.34. The SMILES string of the molecule is Cc1cn(-c2ccc(C(=O)NS(=O)(=O)c3ccc[nH]c3=O)c(N3C[C@@H](C)CC3(C)C)n2)nc1OCC(C)C. The number of hydrogen-bond acceptors (Lipinski definition) is 8. The minimum absolute atomic E-state index is 0.0759. The van der Waals surface area contributed by atoms with Crippen molar-refractivity contribution in [3.05, 3.63) is 58.1 Å². The van der Waals surface area contributed by atoms with Crippen molar-refractivity contribution >= 4 is 21.7 Å². The number of aryl methyl sites for hydroxylation is 1. The second kappa shape index (κ2) is 10.2. The molecule has 0 spiro atoms. The summed E-state index contributed by atoms with van der Waals surface area (Å²) >= 11 is 0. The van der Waals surface area contributed by atoms with Crippen LogP contribution in [0.3, 0.4) is 0 Å². The molecule has 4 heterocycles. The second-order valence-corrected chi connectivity index (χ2v) is 12.5. The topological polar surface area (TPSA) is 139 Å². The first-order valence-electron chi connectivity index (χ1n) is 12.5. The van der Waals surface area contributed by atoms with Gasteiger partial charge in [-0.05, 0) is 63.3 Å². The van der Waals surface area contributed by atoms with Gasteiger partial charge in [0.15, 0.2) is 10.7 Å². The highest BCUT2D eigenvalue weighted by Crippen LogP contribution is 2.37.